The van der Waals surface area contributed by atoms with Gasteiger partial charge in [0.1, 0.15) is 0 Å². The molecule has 0 bridgehead atoms. The fourth-order valence-corrected chi connectivity index (χ4v) is 3.79. The van der Waals surface area contributed by atoms with E-state index in [4.69, 9.17) is 0 Å². The van der Waals surface area contributed by atoms with Crippen LogP contribution in [0.5, 0.6) is 0 Å². The van der Waals surface area contributed by atoms with Crippen molar-refractivity contribution in [2.75, 3.05) is 0 Å². The van der Waals surface area contributed by atoms with Crippen LogP contribution in [0, 0.1) is 5.92 Å². The van der Waals surface area contributed by atoms with Crippen LogP contribution in [0.3, 0.4) is 0 Å². The first-order valence-corrected chi connectivity index (χ1v) is 9.66. The molecule has 0 N–H and O–H groups in total. The molecule has 2 heteroatoms. The molecule has 1 aromatic rings. The van der Waals surface area contributed by atoms with Gasteiger partial charge >= 0.3 is 0 Å². The lowest BCUT2D eigenvalue weighted by Crippen LogP contribution is -2.14. The number of aryl methyl sites for hydroxylation is 1. The molecule has 0 amide bonds. The zero-order valence-corrected chi connectivity index (χ0v) is 14.7. The molecule has 22 heavy (non-hydrogen) atoms. The first kappa shape index (κ1) is 17.4. The van der Waals surface area contributed by atoms with Crippen molar-refractivity contribution >= 4 is 0 Å². The third-order valence-electron chi connectivity index (χ3n) is 5.24. The summed E-state index contributed by atoms with van der Waals surface area (Å²) < 4.78 is 0. The Balaban J connectivity index is 1.72. The van der Waals surface area contributed by atoms with Gasteiger partial charge in [-0.05, 0) is 56.6 Å². The van der Waals surface area contributed by atoms with Crippen molar-refractivity contribution in [3.63, 3.8) is 0 Å². The van der Waals surface area contributed by atoms with Crippen molar-refractivity contribution in [3.8, 4) is 0 Å². The zero-order chi connectivity index (χ0) is 15.6. The first-order valence-electron chi connectivity index (χ1n) is 9.66. The van der Waals surface area contributed by atoms with Crippen LogP contribution in [0.25, 0.3) is 0 Å². The highest BCUT2D eigenvalue weighted by molar-refractivity contribution is 5.12. The van der Waals surface area contributed by atoms with Crippen LogP contribution in [0.1, 0.15) is 102 Å². The van der Waals surface area contributed by atoms with Crippen molar-refractivity contribution < 1.29 is 0 Å². The van der Waals surface area contributed by atoms with Gasteiger partial charge in [0, 0.05) is 5.92 Å². The van der Waals surface area contributed by atoms with E-state index in [0.29, 0.717) is 5.92 Å². The second-order valence-corrected chi connectivity index (χ2v) is 7.12. The quantitative estimate of drug-likeness (QED) is 0.518. The molecular formula is C20H34N2. The minimum Gasteiger partial charge on any atom is -0.155 e. The van der Waals surface area contributed by atoms with Crippen LogP contribution in [0.2, 0.25) is 0 Å². The Morgan fingerprint density at radius 1 is 0.864 bits per heavy atom. The van der Waals surface area contributed by atoms with Crippen LogP contribution in [-0.4, -0.2) is 10.2 Å². The maximum absolute atomic E-state index is 4.54. The Morgan fingerprint density at radius 3 is 2.27 bits per heavy atom. The average molecular weight is 303 g/mol. The van der Waals surface area contributed by atoms with Gasteiger partial charge in [-0.15, -0.1) is 0 Å². The molecule has 1 saturated carbocycles. The largest absolute Gasteiger partial charge is 0.155 e. The van der Waals surface area contributed by atoms with E-state index in [2.05, 4.69) is 36.2 Å². The van der Waals surface area contributed by atoms with Crippen molar-refractivity contribution in [2.24, 2.45) is 5.92 Å². The van der Waals surface area contributed by atoms with Crippen LogP contribution in [0.15, 0.2) is 12.1 Å². The highest BCUT2D eigenvalue weighted by Gasteiger charge is 2.22. The molecule has 0 saturated heterocycles. The SMILES string of the molecule is CCCCCCCc1ccc(C2CCC(CCC)CC2)nn1. The van der Waals surface area contributed by atoms with E-state index in [1.165, 1.54) is 82.0 Å². The first-order chi connectivity index (χ1) is 10.8. The molecule has 0 radical (unpaired) electrons. The van der Waals surface area contributed by atoms with E-state index in [9.17, 15) is 0 Å². The number of unbranched alkanes of at least 4 members (excludes halogenated alkanes) is 4. The molecule has 0 aromatic carbocycles. The van der Waals surface area contributed by atoms with Crippen molar-refractivity contribution in [2.45, 2.75) is 96.8 Å². The predicted octanol–water partition coefficient (Wildman–Crippen LogP) is 6.06. The summed E-state index contributed by atoms with van der Waals surface area (Å²) in [7, 11) is 0. The smallest absolute Gasteiger partial charge is 0.0662 e. The van der Waals surface area contributed by atoms with Gasteiger partial charge in [0.05, 0.1) is 11.4 Å². The van der Waals surface area contributed by atoms with Gasteiger partial charge < -0.3 is 0 Å². The molecule has 1 fully saturated rings. The lowest BCUT2D eigenvalue weighted by Gasteiger charge is -2.27. The van der Waals surface area contributed by atoms with Crippen LogP contribution in [-0.2, 0) is 6.42 Å². The third kappa shape index (κ3) is 5.70. The highest BCUT2D eigenvalue weighted by atomic mass is 15.1. The molecule has 2 rings (SSSR count). The fourth-order valence-electron chi connectivity index (χ4n) is 3.79. The van der Waals surface area contributed by atoms with E-state index < -0.39 is 0 Å². The second-order valence-electron chi connectivity index (χ2n) is 7.12. The topological polar surface area (TPSA) is 25.8 Å². The van der Waals surface area contributed by atoms with E-state index >= 15 is 0 Å². The number of hydrogen-bond donors (Lipinski definition) is 0. The Morgan fingerprint density at radius 2 is 1.64 bits per heavy atom. The maximum Gasteiger partial charge on any atom is 0.0662 e. The van der Waals surface area contributed by atoms with Gasteiger partial charge in [-0.2, -0.15) is 10.2 Å². The Bertz CT molecular complexity index is 391. The number of nitrogens with zero attached hydrogens (tertiary/aromatic N) is 2. The Hall–Kier alpha value is -0.920. The molecule has 124 valence electrons. The molecule has 0 atom stereocenters. The molecule has 1 aliphatic rings. The van der Waals surface area contributed by atoms with Crippen molar-refractivity contribution in [3.05, 3.63) is 23.5 Å². The fraction of sp³-hybridized carbons (Fsp3) is 0.800. The molecule has 0 unspecified atom stereocenters. The monoisotopic (exact) mass is 302 g/mol. The lowest BCUT2D eigenvalue weighted by molar-refractivity contribution is 0.304. The van der Waals surface area contributed by atoms with Crippen LogP contribution < -0.4 is 0 Å². The second kappa shape index (κ2) is 9.97. The van der Waals surface area contributed by atoms with Gasteiger partial charge in [0.2, 0.25) is 0 Å². The van der Waals surface area contributed by atoms with Crippen LogP contribution in [0.4, 0.5) is 0 Å². The summed E-state index contributed by atoms with van der Waals surface area (Å²) >= 11 is 0. The molecule has 1 heterocycles. The summed E-state index contributed by atoms with van der Waals surface area (Å²) in [4.78, 5) is 0. The Labute approximate surface area is 137 Å². The Kier molecular flexibility index (Phi) is 7.90. The predicted molar refractivity (Wildman–Crippen MR) is 94.1 cm³/mol. The van der Waals surface area contributed by atoms with E-state index in [-0.39, 0.29) is 0 Å². The molecule has 0 spiro atoms. The third-order valence-corrected chi connectivity index (χ3v) is 5.24. The van der Waals surface area contributed by atoms with Crippen LogP contribution >= 0.6 is 0 Å². The minimum atomic E-state index is 0.666. The van der Waals surface area contributed by atoms with Crippen molar-refractivity contribution in [1.29, 1.82) is 0 Å². The summed E-state index contributed by atoms with van der Waals surface area (Å²) in [5, 5.41) is 9.02. The molecule has 2 nitrogen and oxygen atoms in total. The van der Waals surface area contributed by atoms with E-state index in [1.807, 2.05) is 0 Å². The summed E-state index contributed by atoms with van der Waals surface area (Å²) in [6, 6.07) is 4.47. The highest BCUT2D eigenvalue weighted by Crippen LogP contribution is 2.36. The van der Waals surface area contributed by atoms with Gasteiger partial charge in [-0.3, -0.25) is 0 Å². The maximum atomic E-state index is 4.54. The number of hydrogen-bond acceptors (Lipinski definition) is 2. The molecule has 1 aliphatic carbocycles. The lowest BCUT2D eigenvalue weighted by atomic mass is 9.79. The van der Waals surface area contributed by atoms with Gasteiger partial charge in [0.15, 0.2) is 0 Å². The normalized spacial score (nSPS) is 21.9. The summed E-state index contributed by atoms with van der Waals surface area (Å²) in [6.07, 6.45) is 15.9. The number of rotatable bonds is 9. The standard InChI is InChI=1S/C20H34N2/c1-3-5-6-7-8-10-19-15-16-20(22-21-19)18-13-11-17(9-4-2)12-14-18/h15-18H,3-14H2,1-2H3. The minimum absolute atomic E-state index is 0.666. The van der Waals surface area contributed by atoms with Gasteiger partial charge in [-0.25, -0.2) is 0 Å². The summed E-state index contributed by atoms with van der Waals surface area (Å²) in [5.74, 6) is 1.64. The zero-order valence-electron chi connectivity index (χ0n) is 14.7. The summed E-state index contributed by atoms with van der Waals surface area (Å²) in [5.41, 5.74) is 2.42. The average Bonchev–Trinajstić information content (AvgIpc) is 2.56. The molecular weight excluding hydrogens is 268 g/mol. The summed E-state index contributed by atoms with van der Waals surface area (Å²) in [6.45, 7) is 4.57. The van der Waals surface area contributed by atoms with Gasteiger partial charge in [-0.1, -0.05) is 52.4 Å². The molecule has 0 aliphatic heterocycles. The van der Waals surface area contributed by atoms with E-state index in [1.54, 1.807) is 0 Å². The number of aromatic nitrogens is 2. The van der Waals surface area contributed by atoms with Crippen molar-refractivity contribution in [1.82, 2.24) is 10.2 Å². The molecule has 1 aromatic heterocycles. The van der Waals surface area contributed by atoms with Gasteiger partial charge in [0.25, 0.3) is 0 Å². The van der Waals surface area contributed by atoms with E-state index in [0.717, 1.165) is 12.3 Å².